The van der Waals surface area contributed by atoms with E-state index in [2.05, 4.69) is 21.3 Å². The maximum Gasteiger partial charge on any atom is 0.320 e. The number of aliphatic carboxylic acids is 2. The lowest BCUT2D eigenvalue weighted by Crippen LogP contribution is -2.40. The van der Waals surface area contributed by atoms with Crippen LogP contribution in [0.2, 0.25) is 0 Å². The third kappa shape index (κ3) is 7.88. The van der Waals surface area contributed by atoms with Gasteiger partial charge < -0.3 is 41.7 Å². The highest BCUT2D eigenvalue weighted by molar-refractivity contribution is 7.98. The Balaban J connectivity index is 1.84. The highest BCUT2D eigenvalue weighted by Gasteiger charge is 2.38. The Hall–Kier alpha value is -3.46. The van der Waals surface area contributed by atoms with Gasteiger partial charge >= 0.3 is 11.9 Å². The van der Waals surface area contributed by atoms with E-state index in [1.165, 1.54) is 0 Å². The number of carbonyl (C=O) groups excluding carboxylic acids is 2. The summed E-state index contributed by atoms with van der Waals surface area (Å²) >= 11 is 3.09. The number of hydrogen-bond acceptors (Lipinski definition) is 12. The molecule has 12 nitrogen and oxygen atoms in total. The van der Waals surface area contributed by atoms with E-state index in [1.807, 2.05) is 12.5 Å². The van der Waals surface area contributed by atoms with Crippen LogP contribution in [0.15, 0.2) is 24.3 Å². The Bertz CT molecular complexity index is 1230. The number of fused-ring (bicyclic) bond motifs is 2. The zero-order valence-corrected chi connectivity index (χ0v) is 25.0. The predicted molar refractivity (Wildman–Crippen MR) is 165 cm³/mol. The molecule has 228 valence electrons. The molecule has 0 fully saturated rings. The molecule has 3 rings (SSSR count). The summed E-state index contributed by atoms with van der Waals surface area (Å²) in [7, 11) is 0. The molecule has 14 heteroatoms. The maximum absolute atomic E-state index is 13.7. The minimum atomic E-state index is -0.960. The van der Waals surface area contributed by atoms with Gasteiger partial charge in [-0.05, 0) is 61.1 Å². The molecule has 1 aliphatic rings. The van der Waals surface area contributed by atoms with Crippen LogP contribution < -0.4 is 21.3 Å². The normalized spacial score (nSPS) is 13.7. The van der Waals surface area contributed by atoms with Gasteiger partial charge in [-0.2, -0.15) is 23.5 Å². The second-order valence-electron chi connectivity index (χ2n) is 9.53. The first-order valence-electron chi connectivity index (χ1n) is 13.3. The standard InChI is InChI=1S/C28H36N4O8S2/c1-41-13-7-17(27(37)38)31-11-9-29-15-3-4-16(30-10-12-32-18(28(39)40)8-14-42-2)22-21(15)25(35)23-19(33)5-6-20(34)24(23)26(22)36/h3-6,17-18,29-34H,7-14H2,1-2H3,(H,37,38)(H,39,40). The number of carboxylic acids is 2. The average molecular weight is 621 g/mol. The summed E-state index contributed by atoms with van der Waals surface area (Å²) in [6.45, 7) is 0.994. The van der Waals surface area contributed by atoms with E-state index in [0.717, 1.165) is 12.1 Å². The summed E-state index contributed by atoms with van der Waals surface area (Å²) in [5, 5.41) is 51.9. The van der Waals surface area contributed by atoms with Gasteiger partial charge in [0.25, 0.3) is 0 Å². The Kier molecular flexibility index (Phi) is 12.3. The number of benzene rings is 2. The minimum absolute atomic E-state index is 0.00640. The Morgan fingerprint density at radius 1 is 0.667 bits per heavy atom. The molecular formula is C28H36N4O8S2. The van der Waals surface area contributed by atoms with E-state index in [9.17, 15) is 39.6 Å². The molecule has 2 unspecified atom stereocenters. The van der Waals surface area contributed by atoms with Crippen molar-refractivity contribution in [2.75, 3.05) is 60.8 Å². The van der Waals surface area contributed by atoms with Crippen LogP contribution in [0, 0.1) is 0 Å². The third-order valence-electron chi connectivity index (χ3n) is 6.75. The van der Waals surface area contributed by atoms with Gasteiger partial charge in [0.15, 0.2) is 0 Å². The van der Waals surface area contributed by atoms with Crippen LogP contribution in [0.5, 0.6) is 11.5 Å². The second-order valence-corrected chi connectivity index (χ2v) is 11.5. The highest BCUT2D eigenvalue weighted by Crippen LogP contribution is 2.42. The zero-order valence-electron chi connectivity index (χ0n) is 23.4. The molecule has 0 saturated carbocycles. The van der Waals surface area contributed by atoms with Gasteiger partial charge in [-0.15, -0.1) is 0 Å². The molecule has 1 aliphatic carbocycles. The fraction of sp³-hybridized carbons (Fsp3) is 0.429. The molecule has 2 atom stereocenters. The fourth-order valence-corrected chi connectivity index (χ4v) is 5.59. The number of nitrogens with one attached hydrogen (secondary N) is 4. The minimum Gasteiger partial charge on any atom is -0.507 e. The van der Waals surface area contributed by atoms with Crippen molar-refractivity contribution in [3.05, 3.63) is 46.5 Å². The van der Waals surface area contributed by atoms with Crippen LogP contribution in [0.3, 0.4) is 0 Å². The molecule has 0 bridgehead atoms. The molecule has 0 amide bonds. The molecule has 0 saturated heterocycles. The lowest BCUT2D eigenvalue weighted by molar-refractivity contribution is -0.140. The molecule has 2 aromatic carbocycles. The van der Waals surface area contributed by atoms with Crippen molar-refractivity contribution >= 4 is 58.4 Å². The first kappa shape index (κ1) is 33.0. The van der Waals surface area contributed by atoms with Crippen LogP contribution in [-0.4, -0.2) is 106 Å². The molecule has 0 radical (unpaired) electrons. The summed E-state index contributed by atoms with van der Waals surface area (Å²) < 4.78 is 0. The molecule has 2 aromatic rings. The van der Waals surface area contributed by atoms with Crippen molar-refractivity contribution in [2.24, 2.45) is 0 Å². The van der Waals surface area contributed by atoms with E-state index in [0.29, 0.717) is 35.7 Å². The van der Waals surface area contributed by atoms with E-state index in [1.54, 1.807) is 35.7 Å². The summed E-state index contributed by atoms with van der Waals surface area (Å²) in [6.07, 6.45) is 4.68. The summed E-state index contributed by atoms with van der Waals surface area (Å²) in [4.78, 5) is 50.4. The topological polar surface area (TPSA) is 197 Å². The lowest BCUT2D eigenvalue weighted by Gasteiger charge is -2.25. The Labute approximate surface area is 252 Å². The van der Waals surface area contributed by atoms with Gasteiger partial charge in [0.05, 0.1) is 22.3 Å². The van der Waals surface area contributed by atoms with Crippen molar-refractivity contribution in [1.29, 1.82) is 0 Å². The SMILES string of the molecule is CSCCC(NCCNc1ccc(NCCNC(CCSC)C(=O)O)c2c1C(=O)c1c(O)ccc(O)c1C2=O)C(=O)O. The van der Waals surface area contributed by atoms with E-state index >= 15 is 0 Å². The number of carboxylic acid groups (broad SMARTS) is 2. The number of hydrogen-bond donors (Lipinski definition) is 8. The number of carbonyl (C=O) groups is 4. The van der Waals surface area contributed by atoms with Crippen molar-refractivity contribution in [3.8, 4) is 11.5 Å². The molecule has 0 spiro atoms. The largest absolute Gasteiger partial charge is 0.507 e. The van der Waals surface area contributed by atoms with Crippen LogP contribution in [-0.2, 0) is 9.59 Å². The van der Waals surface area contributed by atoms with E-state index in [4.69, 9.17) is 0 Å². The number of rotatable bonds is 18. The van der Waals surface area contributed by atoms with Gasteiger partial charge in [-0.25, -0.2) is 0 Å². The van der Waals surface area contributed by atoms with Gasteiger partial charge in [0, 0.05) is 37.6 Å². The van der Waals surface area contributed by atoms with Crippen molar-refractivity contribution in [2.45, 2.75) is 24.9 Å². The molecule has 0 aromatic heterocycles. The molecule has 0 heterocycles. The van der Waals surface area contributed by atoms with Gasteiger partial charge in [0.1, 0.15) is 23.6 Å². The average Bonchev–Trinajstić information content (AvgIpc) is 2.95. The first-order valence-corrected chi connectivity index (χ1v) is 16.1. The molecule has 0 aliphatic heterocycles. The second kappa shape index (κ2) is 15.7. The first-order chi connectivity index (χ1) is 20.1. The lowest BCUT2D eigenvalue weighted by atomic mass is 9.81. The summed E-state index contributed by atoms with van der Waals surface area (Å²) in [5.41, 5.74) is 0.0310. The Morgan fingerprint density at radius 2 is 1.05 bits per heavy atom. The zero-order chi connectivity index (χ0) is 30.8. The molecular weight excluding hydrogens is 584 g/mol. The van der Waals surface area contributed by atoms with Crippen LogP contribution in [0.25, 0.3) is 0 Å². The van der Waals surface area contributed by atoms with Gasteiger partial charge in [-0.3, -0.25) is 19.2 Å². The monoisotopic (exact) mass is 620 g/mol. The van der Waals surface area contributed by atoms with Crippen LogP contribution in [0.1, 0.15) is 44.7 Å². The number of ketones is 2. The van der Waals surface area contributed by atoms with Crippen LogP contribution in [0.4, 0.5) is 11.4 Å². The summed E-state index contributed by atoms with van der Waals surface area (Å²) in [6, 6.07) is 4.03. The van der Waals surface area contributed by atoms with Crippen molar-refractivity contribution in [1.82, 2.24) is 10.6 Å². The van der Waals surface area contributed by atoms with E-state index in [-0.39, 0.29) is 48.4 Å². The third-order valence-corrected chi connectivity index (χ3v) is 8.04. The van der Waals surface area contributed by atoms with Crippen molar-refractivity contribution < 1.29 is 39.6 Å². The fourth-order valence-electron chi connectivity index (χ4n) is 4.64. The number of phenols is 2. The number of anilines is 2. The smallest absolute Gasteiger partial charge is 0.320 e. The summed E-state index contributed by atoms with van der Waals surface area (Å²) in [5.74, 6) is -2.76. The number of aromatic hydroxyl groups is 2. The van der Waals surface area contributed by atoms with Gasteiger partial charge in [-0.1, -0.05) is 0 Å². The number of phenolic OH excluding ortho intramolecular Hbond substituents is 2. The van der Waals surface area contributed by atoms with Crippen LogP contribution >= 0.6 is 23.5 Å². The maximum atomic E-state index is 13.7. The number of thioether (sulfide) groups is 2. The highest BCUT2D eigenvalue weighted by atomic mass is 32.2. The predicted octanol–water partition coefficient (Wildman–Crippen LogP) is 2.29. The van der Waals surface area contributed by atoms with E-state index < -0.39 is 47.1 Å². The Morgan fingerprint density at radius 3 is 1.38 bits per heavy atom. The molecule has 8 N–H and O–H groups in total. The quantitative estimate of drug-likeness (QED) is 0.0761. The molecule has 42 heavy (non-hydrogen) atoms. The van der Waals surface area contributed by atoms with Crippen molar-refractivity contribution in [3.63, 3.8) is 0 Å². The van der Waals surface area contributed by atoms with Gasteiger partial charge in [0.2, 0.25) is 11.6 Å².